The average molecular weight is 248 g/mol. The van der Waals surface area contributed by atoms with E-state index < -0.39 is 0 Å². The highest BCUT2D eigenvalue weighted by Gasteiger charge is 2.08. The minimum atomic E-state index is -0.302. The lowest BCUT2D eigenvalue weighted by Gasteiger charge is -2.04. The molecule has 0 saturated heterocycles. The molecule has 0 aliphatic heterocycles. The molecule has 0 saturated carbocycles. The molecule has 2 aromatic heterocycles. The molecular formula is C12H10ClN3O. The average Bonchev–Trinajstić information content (AvgIpc) is 2.29. The van der Waals surface area contributed by atoms with Crippen LogP contribution in [0.2, 0.25) is 5.02 Å². The molecule has 4 nitrogen and oxygen atoms in total. The van der Waals surface area contributed by atoms with Crippen molar-refractivity contribution in [3.8, 4) is 0 Å². The van der Waals surface area contributed by atoms with Crippen molar-refractivity contribution >= 4 is 23.3 Å². The number of carbonyl (C=O) groups is 1. The summed E-state index contributed by atoms with van der Waals surface area (Å²) in [7, 11) is 0. The van der Waals surface area contributed by atoms with Crippen LogP contribution in [-0.2, 0) is 0 Å². The van der Waals surface area contributed by atoms with Crippen LogP contribution in [0.25, 0.3) is 0 Å². The summed E-state index contributed by atoms with van der Waals surface area (Å²) in [5.41, 5.74) is 1.14. The summed E-state index contributed by atoms with van der Waals surface area (Å²) >= 11 is 5.79. The number of hydrogen-bond donors (Lipinski definition) is 1. The Labute approximate surface area is 104 Å². The Hall–Kier alpha value is -1.94. The molecule has 0 aliphatic carbocycles. The van der Waals surface area contributed by atoms with Crippen molar-refractivity contribution in [1.82, 2.24) is 9.97 Å². The van der Waals surface area contributed by atoms with E-state index in [2.05, 4.69) is 15.3 Å². The molecule has 0 atom stereocenters. The summed E-state index contributed by atoms with van der Waals surface area (Å²) in [5, 5.41) is 3.15. The fraction of sp³-hybridized carbons (Fsp3) is 0.0833. The smallest absolute Gasteiger partial charge is 0.275 e. The van der Waals surface area contributed by atoms with Crippen molar-refractivity contribution in [3.63, 3.8) is 0 Å². The first-order valence-electron chi connectivity index (χ1n) is 5.02. The fourth-order valence-electron chi connectivity index (χ4n) is 1.32. The van der Waals surface area contributed by atoms with Gasteiger partial charge in [0.05, 0.1) is 0 Å². The SMILES string of the molecule is Cc1cccc(C(=O)Nc2cc(Cl)ccn2)n1. The zero-order chi connectivity index (χ0) is 12.3. The molecular weight excluding hydrogens is 238 g/mol. The summed E-state index contributed by atoms with van der Waals surface area (Å²) in [6.45, 7) is 1.83. The third kappa shape index (κ3) is 3.01. The van der Waals surface area contributed by atoms with Crippen LogP contribution in [0.1, 0.15) is 16.2 Å². The molecule has 17 heavy (non-hydrogen) atoms. The van der Waals surface area contributed by atoms with Gasteiger partial charge in [-0.1, -0.05) is 17.7 Å². The summed E-state index contributed by atoms with van der Waals surface area (Å²) < 4.78 is 0. The summed E-state index contributed by atoms with van der Waals surface area (Å²) in [4.78, 5) is 19.9. The largest absolute Gasteiger partial charge is 0.305 e. The van der Waals surface area contributed by atoms with E-state index in [1.165, 1.54) is 6.20 Å². The Morgan fingerprint density at radius 2 is 2.18 bits per heavy atom. The number of anilines is 1. The van der Waals surface area contributed by atoms with Gasteiger partial charge >= 0.3 is 0 Å². The lowest BCUT2D eigenvalue weighted by Crippen LogP contribution is -2.14. The minimum absolute atomic E-state index is 0.302. The molecule has 2 rings (SSSR count). The molecule has 0 unspecified atom stereocenters. The number of nitrogens with zero attached hydrogens (tertiary/aromatic N) is 2. The van der Waals surface area contributed by atoms with E-state index in [1.807, 2.05) is 13.0 Å². The van der Waals surface area contributed by atoms with E-state index >= 15 is 0 Å². The highest BCUT2D eigenvalue weighted by Crippen LogP contribution is 2.12. The molecule has 2 heterocycles. The van der Waals surface area contributed by atoms with E-state index in [1.54, 1.807) is 24.3 Å². The van der Waals surface area contributed by atoms with Gasteiger partial charge in [0.15, 0.2) is 0 Å². The number of pyridine rings is 2. The van der Waals surface area contributed by atoms with Gasteiger partial charge in [-0.15, -0.1) is 0 Å². The fourth-order valence-corrected chi connectivity index (χ4v) is 1.48. The van der Waals surface area contributed by atoms with Crippen LogP contribution in [0.5, 0.6) is 0 Å². The Morgan fingerprint density at radius 1 is 1.35 bits per heavy atom. The van der Waals surface area contributed by atoms with Gasteiger partial charge in [-0.2, -0.15) is 0 Å². The lowest BCUT2D eigenvalue weighted by molar-refractivity contribution is 0.102. The maximum Gasteiger partial charge on any atom is 0.275 e. The maximum absolute atomic E-state index is 11.8. The topological polar surface area (TPSA) is 54.9 Å². The van der Waals surface area contributed by atoms with Gasteiger partial charge in [0.2, 0.25) is 0 Å². The number of carbonyl (C=O) groups excluding carboxylic acids is 1. The van der Waals surface area contributed by atoms with Gasteiger partial charge in [-0.3, -0.25) is 4.79 Å². The van der Waals surface area contributed by atoms with Gasteiger partial charge in [-0.05, 0) is 31.2 Å². The molecule has 2 aromatic rings. The number of rotatable bonds is 2. The third-order valence-electron chi connectivity index (χ3n) is 2.08. The number of aromatic nitrogens is 2. The molecule has 86 valence electrons. The number of halogens is 1. The van der Waals surface area contributed by atoms with E-state index in [0.29, 0.717) is 16.5 Å². The molecule has 0 fully saturated rings. The second-order valence-corrected chi connectivity index (χ2v) is 3.91. The van der Waals surface area contributed by atoms with Crippen molar-refractivity contribution in [2.45, 2.75) is 6.92 Å². The second-order valence-electron chi connectivity index (χ2n) is 3.48. The Kier molecular flexibility index (Phi) is 3.35. The highest BCUT2D eigenvalue weighted by molar-refractivity contribution is 6.30. The molecule has 0 radical (unpaired) electrons. The predicted octanol–water partition coefficient (Wildman–Crippen LogP) is 2.69. The molecule has 1 amide bonds. The van der Waals surface area contributed by atoms with Crippen molar-refractivity contribution in [2.24, 2.45) is 0 Å². The minimum Gasteiger partial charge on any atom is -0.305 e. The first-order valence-corrected chi connectivity index (χ1v) is 5.39. The predicted molar refractivity (Wildman–Crippen MR) is 66.2 cm³/mol. The quantitative estimate of drug-likeness (QED) is 0.888. The van der Waals surface area contributed by atoms with Crippen LogP contribution >= 0.6 is 11.6 Å². The first kappa shape index (κ1) is 11.5. The number of aryl methyl sites for hydroxylation is 1. The lowest BCUT2D eigenvalue weighted by atomic mass is 10.3. The third-order valence-corrected chi connectivity index (χ3v) is 2.32. The summed E-state index contributed by atoms with van der Waals surface area (Å²) in [5.74, 6) is 0.106. The van der Waals surface area contributed by atoms with E-state index in [4.69, 9.17) is 11.6 Å². The Morgan fingerprint density at radius 3 is 2.88 bits per heavy atom. The molecule has 5 heteroatoms. The molecule has 1 N–H and O–H groups in total. The van der Waals surface area contributed by atoms with Crippen LogP contribution in [0, 0.1) is 6.92 Å². The van der Waals surface area contributed by atoms with Gasteiger partial charge in [0, 0.05) is 16.9 Å². The highest BCUT2D eigenvalue weighted by atomic mass is 35.5. The van der Waals surface area contributed by atoms with E-state index in [-0.39, 0.29) is 5.91 Å². The zero-order valence-corrected chi connectivity index (χ0v) is 9.90. The van der Waals surface area contributed by atoms with Crippen molar-refractivity contribution in [1.29, 1.82) is 0 Å². The molecule has 0 aromatic carbocycles. The Bertz CT molecular complexity index is 557. The molecule has 0 aliphatic rings. The van der Waals surface area contributed by atoms with Crippen LogP contribution in [0.3, 0.4) is 0 Å². The monoisotopic (exact) mass is 247 g/mol. The number of amides is 1. The molecule has 0 spiro atoms. The van der Waals surface area contributed by atoms with Gasteiger partial charge < -0.3 is 5.32 Å². The van der Waals surface area contributed by atoms with Crippen LogP contribution in [0.15, 0.2) is 36.5 Å². The maximum atomic E-state index is 11.8. The van der Waals surface area contributed by atoms with Crippen LogP contribution in [0.4, 0.5) is 5.82 Å². The van der Waals surface area contributed by atoms with Crippen molar-refractivity contribution < 1.29 is 4.79 Å². The zero-order valence-electron chi connectivity index (χ0n) is 9.14. The standard InChI is InChI=1S/C12H10ClN3O/c1-8-3-2-4-10(15-8)12(17)16-11-7-9(13)5-6-14-11/h2-7H,1H3,(H,14,16,17). The normalized spacial score (nSPS) is 10.0. The van der Waals surface area contributed by atoms with Crippen LogP contribution in [-0.4, -0.2) is 15.9 Å². The van der Waals surface area contributed by atoms with Gasteiger partial charge in [0.1, 0.15) is 11.5 Å². The summed E-state index contributed by atoms with van der Waals surface area (Å²) in [6.07, 6.45) is 1.53. The number of nitrogens with one attached hydrogen (secondary N) is 1. The number of hydrogen-bond acceptors (Lipinski definition) is 3. The summed E-state index contributed by atoms with van der Waals surface area (Å²) in [6, 6.07) is 8.47. The van der Waals surface area contributed by atoms with Gasteiger partial charge in [-0.25, -0.2) is 9.97 Å². The van der Waals surface area contributed by atoms with Gasteiger partial charge in [0.25, 0.3) is 5.91 Å². The van der Waals surface area contributed by atoms with E-state index in [0.717, 1.165) is 5.69 Å². The van der Waals surface area contributed by atoms with Crippen LogP contribution < -0.4 is 5.32 Å². The first-order chi connectivity index (χ1) is 8.15. The molecule has 0 bridgehead atoms. The van der Waals surface area contributed by atoms with Crippen molar-refractivity contribution in [2.75, 3.05) is 5.32 Å². The van der Waals surface area contributed by atoms with E-state index in [9.17, 15) is 4.79 Å². The van der Waals surface area contributed by atoms with Crippen molar-refractivity contribution in [3.05, 3.63) is 52.9 Å². The second kappa shape index (κ2) is 4.93. The Balaban J connectivity index is 2.17.